The molecule has 12 heavy (non-hydrogen) atoms. The second-order valence-electron chi connectivity index (χ2n) is 4.13. The molecular formula is C10H21NO. The molecular weight excluding hydrogens is 150 g/mol. The molecule has 0 spiro atoms. The predicted molar refractivity (Wildman–Crippen MR) is 51.3 cm³/mol. The summed E-state index contributed by atoms with van der Waals surface area (Å²) in [4.78, 5) is 0. The van der Waals surface area contributed by atoms with Crippen LogP contribution in [0.15, 0.2) is 0 Å². The Morgan fingerprint density at radius 1 is 1.50 bits per heavy atom. The number of ether oxygens (including phenoxy) is 1. The molecule has 1 N–H and O–H groups in total. The minimum atomic E-state index is 0.600. The first-order valence-electron chi connectivity index (χ1n) is 4.89. The Kier molecular flexibility index (Phi) is 3.53. The third-order valence-corrected chi connectivity index (χ3v) is 3.07. The monoisotopic (exact) mass is 171 g/mol. The van der Waals surface area contributed by atoms with Gasteiger partial charge in [0.2, 0.25) is 0 Å². The van der Waals surface area contributed by atoms with Gasteiger partial charge >= 0.3 is 0 Å². The van der Waals surface area contributed by atoms with Gasteiger partial charge in [-0.05, 0) is 38.1 Å². The van der Waals surface area contributed by atoms with E-state index < -0.39 is 0 Å². The zero-order valence-electron chi connectivity index (χ0n) is 8.52. The van der Waals surface area contributed by atoms with Crippen LogP contribution in [-0.2, 0) is 4.74 Å². The molecule has 1 atom stereocenters. The van der Waals surface area contributed by atoms with E-state index in [-0.39, 0.29) is 0 Å². The van der Waals surface area contributed by atoms with Gasteiger partial charge in [-0.2, -0.15) is 0 Å². The second-order valence-corrected chi connectivity index (χ2v) is 4.13. The lowest BCUT2D eigenvalue weighted by Gasteiger charge is -2.22. The van der Waals surface area contributed by atoms with Crippen LogP contribution in [0.4, 0.5) is 0 Å². The summed E-state index contributed by atoms with van der Waals surface area (Å²) >= 11 is 0. The Labute approximate surface area is 75.7 Å². The van der Waals surface area contributed by atoms with Gasteiger partial charge in [-0.3, -0.25) is 0 Å². The molecule has 0 heterocycles. The largest absolute Gasteiger partial charge is 0.385 e. The number of hydrogen-bond donors (Lipinski definition) is 1. The highest BCUT2D eigenvalue weighted by Gasteiger charge is 2.43. The molecule has 1 saturated carbocycles. The summed E-state index contributed by atoms with van der Waals surface area (Å²) < 4.78 is 5.04. The Morgan fingerprint density at radius 2 is 2.17 bits per heavy atom. The maximum Gasteiger partial charge on any atom is 0.0462 e. The summed E-state index contributed by atoms with van der Waals surface area (Å²) in [6.45, 7) is 3.27. The van der Waals surface area contributed by atoms with E-state index in [2.05, 4.69) is 19.3 Å². The molecule has 0 amide bonds. The highest BCUT2D eigenvalue weighted by atomic mass is 16.5. The van der Waals surface area contributed by atoms with E-state index in [0.29, 0.717) is 11.5 Å². The number of hydrogen-bond acceptors (Lipinski definition) is 2. The van der Waals surface area contributed by atoms with Crippen LogP contribution in [0.25, 0.3) is 0 Å². The maximum atomic E-state index is 5.04. The van der Waals surface area contributed by atoms with Gasteiger partial charge in [-0.1, -0.05) is 6.92 Å². The van der Waals surface area contributed by atoms with E-state index in [9.17, 15) is 0 Å². The summed E-state index contributed by atoms with van der Waals surface area (Å²) in [6, 6.07) is 0.702. The van der Waals surface area contributed by atoms with Crippen molar-refractivity contribution >= 4 is 0 Å². The molecule has 0 aromatic heterocycles. The van der Waals surface area contributed by atoms with Crippen LogP contribution in [-0.4, -0.2) is 26.8 Å². The average molecular weight is 171 g/mol. The standard InChI is InChI=1S/C10H21NO/c1-10(6-7-10)9(11-2)5-4-8-12-3/h9,11H,4-8H2,1-3H3. The molecule has 0 aromatic rings. The summed E-state index contributed by atoms with van der Waals surface area (Å²) in [5.41, 5.74) is 0.600. The zero-order chi connectivity index (χ0) is 9.03. The van der Waals surface area contributed by atoms with Crippen molar-refractivity contribution in [3.05, 3.63) is 0 Å². The van der Waals surface area contributed by atoms with Crippen molar-refractivity contribution in [2.45, 2.75) is 38.6 Å². The molecule has 1 fully saturated rings. The lowest BCUT2D eigenvalue weighted by atomic mass is 9.95. The van der Waals surface area contributed by atoms with Gasteiger partial charge in [0.15, 0.2) is 0 Å². The highest BCUT2D eigenvalue weighted by molar-refractivity contribution is 4.97. The first-order chi connectivity index (χ1) is 5.73. The Morgan fingerprint density at radius 3 is 2.58 bits per heavy atom. The molecule has 0 saturated heterocycles. The van der Waals surface area contributed by atoms with Gasteiger partial charge in [-0.15, -0.1) is 0 Å². The second kappa shape index (κ2) is 4.24. The van der Waals surface area contributed by atoms with Crippen LogP contribution in [0.2, 0.25) is 0 Å². The Bertz CT molecular complexity index is 132. The summed E-state index contributed by atoms with van der Waals surface area (Å²) in [7, 11) is 3.84. The third-order valence-electron chi connectivity index (χ3n) is 3.07. The predicted octanol–water partition coefficient (Wildman–Crippen LogP) is 1.80. The lowest BCUT2D eigenvalue weighted by Crippen LogP contribution is -2.33. The molecule has 2 heteroatoms. The van der Waals surface area contributed by atoms with Crippen molar-refractivity contribution in [1.82, 2.24) is 5.32 Å². The Hall–Kier alpha value is -0.0800. The topological polar surface area (TPSA) is 21.3 Å². The van der Waals surface area contributed by atoms with E-state index in [1.807, 2.05) is 0 Å². The minimum absolute atomic E-state index is 0.600. The fourth-order valence-electron chi connectivity index (χ4n) is 1.82. The van der Waals surface area contributed by atoms with E-state index >= 15 is 0 Å². The van der Waals surface area contributed by atoms with Gasteiger partial charge in [0.25, 0.3) is 0 Å². The van der Waals surface area contributed by atoms with E-state index in [4.69, 9.17) is 4.74 Å². The minimum Gasteiger partial charge on any atom is -0.385 e. The molecule has 72 valence electrons. The van der Waals surface area contributed by atoms with Gasteiger partial charge < -0.3 is 10.1 Å². The molecule has 0 aliphatic heterocycles. The lowest BCUT2D eigenvalue weighted by molar-refractivity contribution is 0.184. The molecule has 1 rings (SSSR count). The number of nitrogens with one attached hydrogen (secondary N) is 1. The zero-order valence-corrected chi connectivity index (χ0v) is 8.52. The van der Waals surface area contributed by atoms with Crippen molar-refractivity contribution in [3.63, 3.8) is 0 Å². The fraction of sp³-hybridized carbons (Fsp3) is 1.00. The average Bonchev–Trinajstić information content (AvgIpc) is 2.78. The molecule has 0 bridgehead atoms. The molecule has 0 radical (unpaired) electrons. The highest BCUT2D eigenvalue weighted by Crippen LogP contribution is 2.49. The molecule has 0 aromatic carbocycles. The SMILES string of the molecule is CNC(CCCOC)C1(C)CC1. The summed E-state index contributed by atoms with van der Waals surface area (Å²) in [5.74, 6) is 0. The molecule has 1 unspecified atom stereocenters. The van der Waals surface area contributed by atoms with Crippen molar-refractivity contribution in [2.24, 2.45) is 5.41 Å². The summed E-state index contributed by atoms with van der Waals surface area (Å²) in [5, 5.41) is 3.41. The first-order valence-corrected chi connectivity index (χ1v) is 4.89. The van der Waals surface area contributed by atoms with Crippen molar-refractivity contribution < 1.29 is 4.74 Å². The van der Waals surface area contributed by atoms with Crippen LogP contribution in [0, 0.1) is 5.41 Å². The maximum absolute atomic E-state index is 5.04. The van der Waals surface area contributed by atoms with Gasteiger partial charge in [-0.25, -0.2) is 0 Å². The quantitative estimate of drug-likeness (QED) is 0.615. The third kappa shape index (κ3) is 2.46. The van der Waals surface area contributed by atoms with Crippen LogP contribution in [0.3, 0.4) is 0 Å². The number of rotatable bonds is 6. The fourth-order valence-corrected chi connectivity index (χ4v) is 1.82. The molecule has 2 nitrogen and oxygen atoms in total. The van der Waals surface area contributed by atoms with Gasteiger partial charge in [0.1, 0.15) is 0 Å². The van der Waals surface area contributed by atoms with E-state index in [0.717, 1.165) is 6.61 Å². The van der Waals surface area contributed by atoms with Gasteiger partial charge in [0, 0.05) is 19.8 Å². The van der Waals surface area contributed by atoms with Crippen LogP contribution in [0.1, 0.15) is 32.6 Å². The molecule has 1 aliphatic rings. The Balaban J connectivity index is 2.17. The van der Waals surface area contributed by atoms with E-state index in [1.54, 1.807) is 7.11 Å². The van der Waals surface area contributed by atoms with Crippen molar-refractivity contribution in [2.75, 3.05) is 20.8 Å². The van der Waals surface area contributed by atoms with Gasteiger partial charge in [0.05, 0.1) is 0 Å². The molecule has 1 aliphatic carbocycles. The van der Waals surface area contributed by atoms with Crippen LogP contribution >= 0.6 is 0 Å². The van der Waals surface area contributed by atoms with Crippen molar-refractivity contribution in [1.29, 1.82) is 0 Å². The normalized spacial score (nSPS) is 22.2. The smallest absolute Gasteiger partial charge is 0.0462 e. The number of methoxy groups -OCH3 is 1. The summed E-state index contributed by atoms with van der Waals surface area (Å²) in [6.07, 6.45) is 5.22. The van der Waals surface area contributed by atoms with Crippen LogP contribution in [0.5, 0.6) is 0 Å². The first kappa shape index (κ1) is 10.0. The van der Waals surface area contributed by atoms with E-state index in [1.165, 1.54) is 25.7 Å². The van der Waals surface area contributed by atoms with Crippen LogP contribution < -0.4 is 5.32 Å². The van der Waals surface area contributed by atoms with Crippen molar-refractivity contribution in [3.8, 4) is 0 Å².